The highest BCUT2D eigenvalue weighted by Gasteiger charge is 2.46. The van der Waals surface area contributed by atoms with Crippen molar-refractivity contribution < 1.29 is 19.1 Å². The minimum Gasteiger partial charge on any atom is -0.503 e. The van der Waals surface area contributed by atoms with Crippen molar-refractivity contribution in [3.8, 4) is 0 Å². The van der Waals surface area contributed by atoms with Gasteiger partial charge in [0.1, 0.15) is 11.8 Å². The first-order valence-corrected chi connectivity index (χ1v) is 8.72. The summed E-state index contributed by atoms with van der Waals surface area (Å²) >= 11 is 0. The number of carbonyl (C=O) groups is 2. The van der Waals surface area contributed by atoms with Gasteiger partial charge < -0.3 is 14.5 Å². The Balaban J connectivity index is 1.89. The molecule has 4 rings (SSSR count). The number of furan rings is 1. The molecule has 0 aliphatic carbocycles. The van der Waals surface area contributed by atoms with Crippen LogP contribution in [0.15, 0.2) is 46.3 Å². The largest absolute Gasteiger partial charge is 0.503 e. The number of benzene rings is 1. The summed E-state index contributed by atoms with van der Waals surface area (Å²) in [6.45, 7) is 5.66. The predicted octanol–water partition coefficient (Wildman–Crippen LogP) is 3.65. The van der Waals surface area contributed by atoms with E-state index in [1.165, 1.54) is 11.2 Å². The number of aliphatic hydroxyl groups is 1. The number of aromatic nitrogens is 2. The van der Waals surface area contributed by atoms with Crippen molar-refractivity contribution in [2.45, 2.75) is 33.2 Å². The average molecular weight is 365 g/mol. The first kappa shape index (κ1) is 17.1. The molecule has 2 N–H and O–H groups in total. The van der Waals surface area contributed by atoms with Gasteiger partial charge in [-0.3, -0.25) is 14.5 Å². The molecule has 27 heavy (non-hydrogen) atoms. The Morgan fingerprint density at radius 1 is 1.33 bits per heavy atom. The van der Waals surface area contributed by atoms with E-state index in [0.29, 0.717) is 11.3 Å². The monoisotopic (exact) mass is 365 g/mol. The van der Waals surface area contributed by atoms with E-state index in [0.717, 1.165) is 16.6 Å². The third-order valence-electron chi connectivity index (χ3n) is 4.96. The van der Waals surface area contributed by atoms with Crippen LogP contribution in [0, 0.1) is 13.8 Å². The second-order valence-corrected chi connectivity index (χ2v) is 6.65. The van der Waals surface area contributed by atoms with Gasteiger partial charge in [0.15, 0.2) is 11.5 Å². The number of Topliss-reactive ketones (excluding diaryl/α,β-unsaturated/α-hetero) is 1. The van der Waals surface area contributed by atoms with Crippen LogP contribution in [-0.2, 0) is 9.59 Å². The maximum atomic E-state index is 12.8. The van der Waals surface area contributed by atoms with Crippen LogP contribution in [0.5, 0.6) is 0 Å². The number of hydrogen-bond donors (Lipinski definition) is 2. The van der Waals surface area contributed by atoms with Crippen LogP contribution in [0.1, 0.15) is 36.3 Å². The molecule has 138 valence electrons. The molecule has 7 heteroatoms. The molecule has 1 aromatic carbocycles. The Labute approximate surface area is 155 Å². The number of rotatable bonds is 4. The number of aryl methyl sites for hydroxylation is 2. The van der Waals surface area contributed by atoms with Gasteiger partial charge in [-0.2, -0.15) is 0 Å². The zero-order chi connectivity index (χ0) is 19.3. The van der Waals surface area contributed by atoms with Crippen molar-refractivity contribution in [3.05, 3.63) is 58.7 Å². The maximum absolute atomic E-state index is 12.8. The summed E-state index contributed by atoms with van der Waals surface area (Å²) < 4.78 is 5.47. The summed E-state index contributed by atoms with van der Waals surface area (Å²) in [7, 11) is 0. The third-order valence-corrected chi connectivity index (χ3v) is 4.96. The van der Waals surface area contributed by atoms with Gasteiger partial charge in [0.2, 0.25) is 5.95 Å². The Bertz CT molecular complexity index is 1050. The lowest BCUT2D eigenvalue weighted by molar-refractivity contribution is -0.118. The molecular weight excluding hydrogens is 346 g/mol. The Hall–Kier alpha value is -3.35. The van der Waals surface area contributed by atoms with Crippen molar-refractivity contribution in [1.82, 2.24) is 9.97 Å². The number of imidazole rings is 1. The molecule has 1 atom stereocenters. The first-order chi connectivity index (χ1) is 12.9. The van der Waals surface area contributed by atoms with Gasteiger partial charge in [-0.15, -0.1) is 0 Å². The number of aliphatic hydroxyl groups excluding tert-OH is 1. The summed E-state index contributed by atoms with van der Waals surface area (Å²) in [5.41, 5.74) is 3.68. The molecule has 3 heterocycles. The lowest BCUT2D eigenvalue weighted by Gasteiger charge is -2.22. The normalized spacial score (nSPS) is 17.4. The van der Waals surface area contributed by atoms with Crippen LogP contribution in [-0.4, -0.2) is 26.8 Å². The van der Waals surface area contributed by atoms with E-state index in [4.69, 9.17) is 4.42 Å². The van der Waals surface area contributed by atoms with Crippen LogP contribution in [0.3, 0.4) is 0 Å². The van der Waals surface area contributed by atoms with E-state index in [2.05, 4.69) is 9.97 Å². The zero-order valence-electron chi connectivity index (χ0n) is 15.2. The fraction of sp³-hybridized carbons (Fsp3) is 0.250. The highest BCUT2D eigenvalue weighted by molar-refractivity contribution is 6.16. The molecule has 1 unspecified atom stereocenters. The van der Waals surface area contributed by atoms with E-state index in [1.54, 1.807) is 19.1 Å². The van der Waals surface area contributed by atoms with Gasteiger partial charge in [-0.05, 0) is 49.2 Å². The Kier molecular flexibility index (Phi) is 3.87. The Morgan fingerprint density at radius 3 is 2.74 bits per heavy atom. The summed E-state index contributed by atoms with van der Waals surface area (Å²) in [6.07, 6.45) is 1.63. The van der Waals surface area contributed by atoms with Gasteiger partial charge >= 0.3 is 0 Å². The maximum Gasteiger partial charge on any atom is 0.296 e. The van der Waals surface area contributed by atoms with Crippen LogP contribution < -0.4 is 4.90 Å². The number of fused-ring (bicyclic) bond motifs is 1. The van der Waals surface area contributed by atoms with Crippen molar-refractivity contribution >= 4 is 28.7 Å². The molecule has 0 saturated carbocycles. The topological polar surface area (TPSA) is 99.4 Å². The molecule has 3 aromatic rings. The SMILES string of the molecule is CCC(=O)C1=C(O)C(=O)N(c2nc3cc(C)c(C)cc3[nH]2)C1c1ccco1. The fourth-order valence-corrected chi connectivity index (χ4v) is 3.39. The molecule has 0 bridgehead atoms. The summed E-state index contributed by atoms with van der Waals surface area (Å²) in [5, 5.41) is 10.4. The van der Waals surface area contributed by atoms with Gasteiger partial charge in [0, 0.05) is 6.42 Å². The molecule has 0 fully saturated rings. The summed E-state index contributed by atoms with van der Waals surface area (Å²) in [6, 6.07) is 6.37. The standard InChI is InChI=1S/C20H19N3O4/c1-4-14(24)16-17(15-6-5-7-27-15)23(19(26)18(16)25)20-21-12-8-10(2)11(3)9-13(12)22-20/h5-9,17,25H,4H2,1-3H3,(H,21,22). The lowest BCUT2D eigenvalue weighted by atomic mass is 10.00. The highest BCUT2D eigenvalue weighted by atomic mass is 16.3. The number of H-pyrrole nitrogens is 1. The van der Waals surface area contributed by atoms with Gasteiger partial charge in [-0.25, -0.2) is 4.98 Å². The highest BCUT2D eigenvalue weighted by Crippen LogP contribution is 2.41. The molecule has 0 spiro atoms. The van der Waals surface area contributed by atoms with E-state index in [9.17, 15) is 14.7 Å². The quantitative estimate of drug-likeness (QED) is 0.735. The second kappa shape index (κ2) is 6.12. The van der Waals surface area contributed by atoms with Crippen LogP contribution in [0.2, 0.25) is 0 Å². The molecule has 1 aliphatic heterocycles. The first-order valence-electron chi connectivity index (χ1n) is 8.72. The van der Waals surface area contributed by atoms with E-state index in [1.807, 2.05) is 26.0 Å². The number of nitrogens with zero attached hydrogens (tertiary/aromatic N) is 2. The van der Waals surface area contributed by atoms with E-state index in [-0.39, 0.29) is 23.7 Å². The second-order valence-electron chi connectivity index (χ2n) is 6.65. The number of ketones is 1. The third kappa shape index (κ3) is 2.54. The number of carbonyl (C=O) groups excluding carboxylic acids is 2. The van der Waals surface area contributed by atoms with Crippen LogP contribution >= 0.6 is 0 Å². The molecule has 0 saturated heterocycles. The summed E-state index contributed by atoms with van der Waals surface area (Å²) in [4.78, 5) is 34.2. The van der Waals surface area contributed by atoms with Gasteiger partial charge in [-0.1, -0.05) is 6.92 Å². The van der Waals surface area contributed by atoms with Crippen molar-refractivity contribution in [1.29, 1.82) is 0 Å². The van der Waals surface area contributed by atoms with Gasteiger partial charge in [0.25, 0.3) is 5.91 Å². The van der Waals surface area contributed by atoms with Crippen molar-refractivity contribution in [3.63, 3.8) is 0 Å². The molecule has 0 radical (unpaired) electrons. The molecule has 7 nitrogen and oxygen atoms in total. The molecule has 1 amide bonds. The van der Waals surface area contributed by atoms with Crippen LogP contribution in [0.25, 0.3) is 11.0 Å². The van der Waals surface area contributed by atoms with E-state index < -0.39 is 17.7 Å². The minimum absolute atomic E-state index is 0.0327. The molecule has 1 aliphatic rings. The number of nitrogens with one attached hydrogen (secondary N) is 1. The van der Waals surface area contributed by atoms with Crippen LogP contribution in [0.4, 0.5) is 5.95 Å². The number of aromatic amines is 1. The van der Waals surface area contributed by atoms with Crippen molar-refractivity contribution in [2.24, 2.45) is 0 Å². The minimum atomic E-state index is -0.859. The predicted molar refractivity (Wildman–Crippen MR) is 99.5 cm³/mol. The average Bonchev–Trinajstić information content (AvgIpc) is 3.34. The number of anilines is 1. The Morgan fingerprint density at radius 2 is 2.07 bits per heavy atom. The van der Waals surface area contributed by atoms with Crippen molar-refractivity contribution in [2.75, 3.05) is 4.90 Å². The molecule has 2 aromatic heterocycles. The fourth-order valence-electron chi connectivity index (χ4n) is 3.39. The lowest BCUT2D eigenvalue weighted by Crippen LogP contribution is -2.31. The summed E-state index contributed by atoms with van der Waals surface area (Å²) in [5.74, 6) is -0.909. The van der Waals surface area contributed by atoms with E-state index >= 15 is 0 Å². The smallest absolute Gasteiger partial charge is 0.296 e. The number of amides is 1. The zero-order valence-corrected chi connectivity index (χ0v) is 15.2. The van der Waals surface area contributed by atoms with Gasteiger partial charge in [0.05, 0.1) is 22.9 Å². The molecular formula is C20H19N3O4. The number of hydrogen-bond acceptors (Lipinski definition) is 5.